The van der Waals surface area contributed by atoms with Gasteiger partial charge in [-0.1, -0.05) is 29.8 Å². The van der Waals surface area contributed by atoms with Crippen LogP contribution in [0, 0.1) is 18.3 Å². The number of benzene rings is 2. The van der Waals surface area contributed by atoms with Crippen LogP contribution in [0.3, 0.4) is 0 Å². The van der Waals surface area contributed by atoms with Crippen molar-refractivity contribution in [1.82, 2.24) is 4.57 Å². The van der Waals surface area contributed by atoms with Gasteiger partial charge in [0.1, 0.15) is 11.8 Å². The van der Waals surface area contributed by atoms with Crippen molar-refractivity contribution >= 4 is 17.6 Å². The summed E-state index contributed by atoms with van der Waals surface area (Å²) in [4.78, 5) is 25.0. The van der Waals surface area contributed by atoms with Gasteiger partial charge in [-0.15, -0.1) is 0 Å². The molecule has 0 fully saturated rings. The first-order chi connectivity index (χ1) is 13.5. The van der Waals surface area contributed by atoms with Gasteiger partial charge in [-0.2, -0.15) is 5.26 Å². The summed E-state index contributed by atoms with van der Waals surface area (Å²) in [7, 11) is 1.21. The number of nitrogens with zero attached hydrogens (tertiary/aromatic N) is 2. The van der Waals surface area contributed by atoms with Crippen LogP contribution < -0.4 is 10.5 Å². The highest BCUT2D eigenvalue weighted by atomic mass is 16.5. The Labute approximate surface area is 161 Å². The van der Waals surface area contributed by atoms with Gasteiger partial charge in [0.15, 0.2) is 5.69 Å². The molecule has 0 saturated heterocycles. The maximum atomic E-state index is 12.8. The van der Waals surface area contributed by atoms with E-state index in [4.69, 9.17) is 15.2 Å². The van der Waals surface area contributed by atoms with Crippen LogP contribution in [0.2, 0.25) is 0 Å². The van der Waals surface area contributed by atoms with Crippen molar-refractivity contribution in [3.63, 3.8) is 0 Å². The van der Waals surface area contributed by atoms with Crippen LogP contribution >= 0.6 is 0 Å². The molecule has 0 atom stereocenters. The number of para-hydroxylation sites is 1. The van der Waals surface area contributed by atoms with Crippen LogP contribution in [-0.4, -0.2) is 23.6 Å². The van der Waals surface area contributed by atoms with Crippen molar-refractivity contribution in [2.24, 2.45) is 0 Å². The average Bonchev–Trinajstić information content (AvgIpc) is 3.05. The zero-order chi connectivity index (χ0) is 20.3. The largest absolute Gasteiger partial charge is 0.464 e. The second-order valence-corrected chi connectivity index (χ2v) is 6.00. The number of rotatable bonds is 4. The molecule has 0 aliphatic heterocycles. The number of anilines is 1. The Morgan fingerprint density at radius 1 is 1.07 bits per heavy atom. The fraction of sp³-hybridized carbons (Fsp3) is 0.0952. The number of nitrogens with two attached hydrogens (primary N) is 1. The number of nitriles is 1. The third-order valence-electron chi connectivity index (χ3n) is 4.16. The second kappa shape index (κ2) is 7.68. The molecule has 0 unspecified atom stereocenters. The summed E-state index contributed by atoms with van der Waals surface area (Å²) in [6.45, 7) is 1.93. The molecule has 2 N–H and O–H groups in total. The monoisotopic (exact) mass is 375 g/mol. The topological polar surface area (TPSA) is 107 Å². The van der Waals surface area contributed by atoms with Crippen LogP contribution in [0.15, 0.2) is 54.7 Å². The van der Waals surface area contributed by atoms with E-state index < -0.39 is 11.9 Å². The number of aryl methyl sites for hydroxylation is 1. The van der Waals surface area contributed by atoms with Gasteiger partial charge in [0.2, 0.25) is 0 Å². The molecule has 0 aliphatic carbocycles. The molecule has 28 heavy (non-hydrogen) atoms. The second-order valence-electron chi connectivity index (χ2n) is 6.00. The lowest BCUT2D eigenvalue weighted by Crippen LogP contribution is -2.16. The summed E-state index contributed by atoms with van der Waals surface area (Å²) in [6.07, 6.45) is 1.39. The van der Waals surface area contributed by atoms with Gasteiger partial charge in [-0.05, 0) is 31.2 Å². The van der Waals surface area contributed by atoms with Gasteiger partial charge in [0.25, 0.3) is 0 Å². The maximum absolute atomic E-state index is 12.8. The van der Waals surface area contributed by atoms with Gasteiger partial charge >= 0.3 is 11.9 Å². The van der Waals surface area contributed by atoms with E-state index in [1.165, 1.54) is 17.9 Å². The summed E-state index contributed by atoms with van der Waals surface area (Å²) in [5, 5.41) is 9.27. The molecule has 0 spiro atoms. The van der Waals surface area contributed by atoms with Gasteiger partial charge in [0, 0.05) is 6.20 Å². The Morgan fingerprint density at radius 2 is 1.75 bits per heavy atom. The highest BCUT2D eigenvalue weighted by molar-refractivity contribution is 5.99. The van der Waals surface area contributed by atoms with Crippen molar-refractivity contribution < 1.29 is 19.1 Å². The summed E-state index contributed by atoms with van der Waals surface area (Å²) in [5.74, 6) is -0.940. The van der Waals surface area contributed by atoms with E-state index in [1.54, 1.807) is 36.4 Å². The Bertz CT molecular complexity index is 1090. The maximum Gasteiger partial charge on any atom is 0.357 e. The summed E-state index contributed by atoms with van der Waals surface area (Å²) < 4.78 is 11.6. The minimum absolute atomic E-state index is 0.0175. The lowest BCUT2D eigenvalue weighted by molar-refractivity contribution is 0.0591. The molecule has 2 aromatic carbocycles. The Morgan fingerprint density at radius 3 is 2.39 bits per heavy atom. The van der Waals surface area contributed by atoms with E-state index in [-0.39, 0.29) is 22.5 Å². The minimum Gasteiger partial charge on any atom is -0.464 e. The number of esters is 2. The number of ether oxygens (including phenoxy) is 2. The fourth-order valence-electron chi connectivity index (χ4n) is 2.73. The number of carbonyl (C=O) groups is 2. The molecule has 3 aromatic rings. The van der Waals surface area contributed by atoms with E-state index in [2.05, 4.69) is 0 Å². The average molecular weight is 375 g/mol. The van der Waals surface area contributed by atoms with Crippen molar-refractivity contribution in [1.29, 1.82) is 5.26 Å². The highest BCUT2D eigenvalue weighted by Crippen LogP contribution is 2.27. The number of hydrogen-bond donors (Lipinski definition) is 1. The molecule has 1 heterocycles. The predicted molar refractivity (Wildman–Crippen MR) is 102 cm³/mol. The van der Waals surface area contributed by atoms with Crippen LogP contribution in [-0.2, 0) is 4.74 Å². The van der Waals surface area contributed by atoms with E-state index >= 15 is 0 Å². The molecule has 140 valence electrons. The van der Waals surface area contributed by atoms with Gasteiger partial charge < -0.3 is 19.8 Å². The molecule has 0 bridgehead atoms. The lowest BCUT2D eigenvalue weighted by Gasteiger charge is -2.13. The molecule has 7 nitrogen and oxygen atoms in total. The molecule has 0 aliphatic rings. The van der Waals surface area contributed by atoms with Crippen LogP contribution in [0.5, 0.6) is 5.75 Å². The van der Waals surface area contributed by atoms with Gasteiger partial charge in [-0.25, -0.2) is 9.59 Å². The normalized spacial score (nSPS) is 10.2. The van der Waals surface area contributed by atoms with Crippen molar-refractivity contribution in [3.05, 3.63) is 77.1 Å². The third-order valence-corrected chi connectivity index (χ3v) is 4.16. The number of carbonyl (C=O) groups excluding carboxylic acids is 2. The van der Waals surface area contributed by atoms with Crippen LogP contribution in [0.25, 0.3) is 5.69 Å². The van der Waals surface area contributed by atoms with E-state index in [1.807, 2.05) is 25.1 Å². The Kier molecular flexibility index (Phi) is 5.14. The molecule has 0 amide bonds. The summed E-state index contributed by atoms with van der Waals surface area (Å²) in [6, 6.07) is 15.5. The number of nitrogen functional groups attached to an aromatic ring is 1. The SMILES string of the molecule is COC(=O)c1c(N)c(C#N)cn1-c1ccccc1C(=O)Oc1ccc(C)cc1. The molecule has 7 heteroatoms. The standard InChI is InChI=1S/C21H17N3O4/c1-13-7-9-15(10-8-13)28-20(25)16-5-3-4-6-17(16)24-12-14(11-22)18(23)19(24)21(26)27-2/h3-10,12H,23H2,1-2H3. The number of aromatic nitrogens is 1. The lowest BCUT2D eigenvalue weighted by atomic mass is 10.1. The first-order valence-electron chi connectivity index (χ1n) is 8.33. The first-order valence-corrected chi connectivity index (χ1v) is 8.33. The zero-order valence-corrected chi connectivity index (χ0v) is 15.3. The van der Waals surface area contributed by atoms with Crippen molar-refractivity contribution in [2.45, 2.75) is 6.92 Å². The molecular weight excluding hydrogens is 358 g/mol. The van der Waals surface area contributed by atoms with E-state index in [9.17, 15) is 14.9 Å². The number of methoxy groups -OCH3 is 1. The molecule has 1 aromatic heterocycles. The molecule has 3 rings (SSSR count). The molecule has 0 saturated carbocycles. The Hall–Kier alpha value is -4.05. The quantitative estimate of drug-likeness (QED) is 0.554. The van der Waals surface area contributed by atoms with E-state index in [0.717, 1.165) is 5.56 Å². The zero-order valence-electron chi connectivity index (χ0n) is 15.3. The molecule has 0 radical (unpaired) electrons. The summed E-state index contributed by atoms with van der Waals surface area (Å²) in [5.41, 5.74) is 7.56. The first kappa shape index (κ1) is 18.7. The van der Waals surface area contributed by atoms with E-state index in [0.29, 0.717) is 11.4 Å². The minimum atomic E-state index is -0.722. The van der Waals surface area contributed by atoms with Crippen molar-refractivity contribution in [3.8, 4) is 17.5 Å². The predicted octanol–water partition coefficient (Wildman–Crippen LogP) is 3.25. The Balaban J connectivity index is 2.08. The van der Waals surface area contributed by atoms with Crippen LogP contribution in [0.1, 0.15) is 32.0 Å². The van der Waals surface area contributed by atoms with Crippen LogP contribution in [0.4, 0.5) is 5.69 Å². The third kappa shape index (κ3) is 3.44. The fourth-order valence-corrected chi connectivity index (χ4v) is 2.73. The number of hydrogen-bond acceptors (Lipinski definition) is 6. The molecular formula is C21H17N3O4. The smallest absolute Gasteiger partial charge is 0.357 e. The highest BCUT2D eigenvalue weighted by Gasteiger charge is 2.24. The van der Waals surface area contributed by atoms with Crippen molar-refractivity contribution in [2.75, 3.05) is 12.8 Å². The summed E-state index contributed by atoms with van der Waals surface area (Å²) >= 11 is 0. The van der Waals surface area contributed by atoms with Gasteiger partial charge in [-0.3, -0.25) is 0 Å². The van der Waals surface area contributed by atoms with Gasteiger partial charge in [0.05, 0.1) is 29.6 Å².